The molecule has 0 saturated heterocycles. The number of rotatable bonds is 2. The van der Waals surface area contributed by atoms with Gasteiger partial charge in [-0.1, -0.05) is 49.8 Å². The van der Waals surface area contributed by atoms with E-state index in [9.17, 15) is 0 Å². The standard InChI is InChI=1S/C9H14.C2H6.CH4O/c1-5-9(4)7-6-8(2)3;2*1-2/h5-7H,1H2,2-4H3;1-2H3;2H,1H3/b9-7+;;. The first-order valence-electron chi connectivity index (χ1n) is 4.55. The van der Waals surface area contributed by atoms with Crippen LogP contribution < -0.4 is 0 Å². The van der Waals surface area contributed by atoms with Crippen LogP contribution >= 0.6 is 0 Å². The molecule has 0 rings (SSSR count). The minimum atomic E-state index is 1.00. The molecule has 78 valence electrons. The fourth-order valence-corrected chi connectivity index (χ4v) is 0.366. The van der Waals surface area contributed by atoms with Gasteiger partial charge in [0.2, 0.25) is 0 Å². The molecule has 1 N–H and O–H groups in total. The summed E-state index contributed by atoms with van der Waals surface area (Å²) < 4.78 is 0. The van der Waals surface area contributed by atoms with Gasteiger partial charge in [0.25, 0.3) is 0 Å². The van der Waals surface area contributed by atoms with Gasteiger partial charge >= 0.3 is 0 Å². The van der Waals surface area contributed by atoms with Crippen LogP contribution in [0, 0.1) is 0 Å². The predicted molar refractivity (Wildman–Crippen MR) is 62.9 cm³/mol. The summed E-state index contributed by atoms with van der Waals surface area (Å²) in [6, 6.07) is 0. The minimum absolute atomic E-state index is 1.00. The number of aliphatic hydroxyl groups is 1. The smallest absolute Gasteiger partial charge is 0.0319 e. The highest BCUT2D eigenvalue weighted by Gasteiger charge is 1.74. The van der Waals surface area contributed by atoms with E-state index in [1.165, 1.54) is 11.1 Å². The summed E-state index contributed by atoms with van der Waals surface area (Å²) in [5, 5.41) is 7.00. The Labute approximate surface area is 83.5 Å². The van der Waals surface area contributed by atoms with E-state index >= 15 is 0 Å². The van der Waals surface area contributed by atoms with Gasteiger partial charge in [0.1, 0.15) is 0 Å². The van der Waals surface area contributed by atoms with E-state index < -0.39 is 0 Å². The normalized spacial score (nSPS) is 8.38. The third-order valence-electron chi connectivity index (χ3n) is 1.00. The molecule has 0 heterocycles. The van der Waals surface area contributed by atoms with Gasteiger partial charge in [0, 0.05) is 7.11 Å². The highest BCUT2D eigenvalue weighted by molar-refractivity contribution is 5.21. The Morgan fingerprint density at radius 3 is 1.62 bits per heavy atom. The summed E-state index contributed by atoms with van der Waals surface area (Å²) >= 11 is 0. The van der Waals surface area contributed by atoms with E-state index in [1.54, 1.807) is 0 Å². The number of hydrogen-bond acceptors (Lipinski definition) is 1. The van der Waals surface area contributed by atoms with Crippen molar-refractivity contribution in [2.24, 2.45) is 0 Å². The summed E-state index contributed by atoms with van der Waals surface area (Å²) in [5.41, 5.74) is 2.52. The Kier molecular flexibility index (Phi) is 24.1. The Bertz CT molecular complexity index is 149. The highest BCUT2D eigenvalue weighted by atomic mass is 16.2. The van der Waals surface area contributed by atoms with Gasteiger partial charge in [-0.05, 0) is 20.8 Å². The lowest BCUT2D eigenvalue weighted by atomic mass is 10.2. The van der Waals surface area contributed by atoms with Crippen molar-refractivity contribution in [1.29, 1.82) is 0 Å². The third kappa shape index (κ3) is 24.7. The molecule has 0 aliphatic carbocycles. The first-order chi connectivity index (χ1) is 6.16. The van der Waals surface area contributed by atoms with Crippen molar-refractivity contribution in [1.82, 2.24) is 0 Å². The van der Waals surface area contributed by atoms with Crippen molar-refractivity contribution in [3.05, 3.63) is 36.0 Å². The lowest BCUT2D eigenvalue weighted by Crippen LogP contribution is -1.64. The van der Waals surface area contributed by atoms with E-state index in [0.717, 1.165) is 7.11 Å². The maximum absolute atomic E-state index is 7.00. The van der Waals surface area contributed by atoms with Gasteiger partial charge in [0.15, 0.2) is 0 Å². The molecule has 0 spiro atoms. The zero-order valence-corrected chi connectivity index (χ0v) is 9.89. The molecule has 0 unspecified atom stereocenters. The second-order valence-electron chi connectivity index (χ2n) is 2.36. The van der Waals surface area contributed by atoms with Gasteiger partial charge in [-0.2, -0.15) is 0 Å². The highest BCUT2D eigenvalue weighted by Crippen LogP contribution is 1.96. The topological polar surface area (TPSA) is 20.2 Å². The van der Waals surface area contributed by atoms with Crippen molar-refractivity contribution >= 4 is 0 Å². The second kappa shape index (κ2) is 17.3. The van der Waals surface area contributed by atoms with Crippen LogP contribution in [0.25, 0.3) is 0 Å². The molecule has 0 fully saturated rings. The molecular weight excluding hydrogens is 160 g/mol. The maximum Gasteiger partial charge on any atom is 0.0319 e. The van der Waals surface area contributed by atoms with Crippen LogP contribution in [0.5, 0.6) is 0 Å². The Morgan fingerprint density at radius 1 is 1.00 bits per heavy atom. The van der Waals surface area contributed by atoms with Crippen molar-refractivity contribution in [3.63, 3.8) is 0 Å². The first-order valence-corrected chi connectivity index (χ1v) is 4.55. The maximum atomic E-state index is 7.00. The number of allylic oxidation sites excluding steroid dienone is 5. The van der Waals surface area contributed by atoms with Gasteiger partial charge in [-0.25, -0.2) is 0 Å². The molecule has 0 aromatic carbocycles. The molecule has 1 nitrogen and oxygen atoms in total. The molecule has 0 amide bonds. The minimum Gasteiger partial charge on any atom is -0.400 e. The lowest BCUT2D eigenvalue weighted by molar-refractivity contribution is 0.399. The van der Waals surface area contributed by atoms with Crippen molar-refractivity contribution < 1.29 is 5.11 Å². The second-order valence-corrected chi connectivity index (χ2v) is 2.36. The van der Waals surface area contributed by atoms with Crippen LogP contribution in [0.1, 0.15) is 34.6 Å². The SMILES string of the molecule is C=C/C(C)=C/C=C(C)C.CC.CO. The van der Waals surface area contributed by atoms with Gasteiger partial charge in [-0.15, -0.1) is 0 Å². The molecular formula is C12H24O. The summed E-state index contributed by atoms with van der Waals surface area (Å²) in [6.45, 7) is 13.8. The van der Waals surface area contributed by atoms with Crippen LogP contribution in [0.3, 0.4) is 0 Å². The summed E-state index contributed by atoms with van der Waals surface area (Å²) in [4.78, 5) is 0. The molecule has 0 radical (unpaired) electrons. The molecule has 0 aliphatic heterocycles. The van der Waals surface area contributed by atoms with Crippen molar-refractivity contribution in [2.45, 2.75) is 34.6 Å². The van der Waals surface area contributed by atoms with Gasteiger partial charge in [0.05, 0.1) is 0 Å². The van der Waals surface area contributed by atoms with Crippen molar-refractivity contribution in [2.75, 3.05) is 7.11 Å². The molecule has 13 heavy (non-hydrogen) atoms. The molecule has 0 saturated carbocycles. The van der Waals surface area contributed by atoms with Crippen LogP contribution in [0.15, 0.2) is 36.0 Å². The molecule has 0 bridgehead atoms. The predicted octanol–water partition coefficient (Wildman–Crippen LogP) is 3.72. The average molecular weight is 184 g/mol. The summed E-state index contributed by atoms with van der Waals surface area (Å²) in [5.74, 6) is 0. The van der Waals surface area contributed by atoms with Crippen molar-refractivity contribution in [3.8, 4) is 0 Å². The fraction of sp³-hybridized carbons (Fsp3) is 0.500. The molecule has 0 aromatic rings. The molecule has 0 aromatic heterocycles. The number of aliphatic hydroxyl groups excluding tert-OH is 1. The zero-order chi connectivity index (χ0) is 11.3. The Balaban J connectivity index is -0.000000218. The summed E-state index contributed by atoms with van der Waals surface area (Å²) in [6.07, 6.45) is 5.98. The quantitative estimate of drug-likeness (QED) is 0.648. The molecule has 0 aliphatic rings. The van der Waals surface area contributed by atoms with Crippen LogP contribution in [-0.4, -0.2) is 12.2 Å². The fourth-order valence-electron chi connectivity index (χ4n) is 0.366. The van der Waals surface area contributed by atoms with Crippen LogP contribution in [-0.2, 0) is 0 Å². The molecule has 0 atom stereocenters. The zero-order valence-electron chi connectivity index (χ0n) is 9.89. The summed E-state index contributed by atoms with van der Waals surface area (Å²) in [7, 11) is 1.00. The number of hydrogen-bond donors (Lipinski definition) is 1. The van der Waals surface area contributed by atoms with E-state index in [-0.39, 0.29) is 0 Å². The van der Waals surface area contributed by atoms with Crippen LogP contribution in [0.4, 0.5) is 0 Å². The third-order valence-corrected chi connectivity index (χ3v) is 1.00. The molecule has 1 heteroatoms. The Morgan fingerprint density at radius 2 is 1.38 bits per heavy atom. The Hall–Kier alpha value is -0.820. The van der Waals surface area contributed by atoms with Crippen LogP contribution in [0.2, 0.25) is 0 Å². The van der Waals surface area contributed by atoms with E-state index in [1.807, 2.05) is 26.8 Å². The largest absolute Gasteiger partial charge is 0.400 e. The van der Waals surface area contributed by atoms with Gasteiger partial charge < -0.3 is 5.11 Å². The van der Waals surface area contributed by atoms with E-state index in [4.69, 9.17) is 5.11 Å². The van der Waals surface area contributed by atoms with E-state index in [2.05, 4.69) is 32.6 Å². The average Bonchev–Trinajstić information content (AvgIpc) is 2.20. The first kappa shape index (κ1) is 18.1. The van der Waals surface area contributed by atoms with E-state index in [0.29, 0.717) is 0 Å². The lowest BCUT2D eigenvalue weighted by Gasteiger charge is -1.86. The van der Waals surface area contributed by atoms with Gasteiger partial charge in [-0.3, -0.25) is 0 Å². The monoisotopic (exact) mass is 184 g/mol.